The monoisotopic (exact) mass is 417 g/mol. The Labute approximate surface area is 180 Å². The number of rotatable bonds is 3. The molecule has 1 aromatic heterocycles. The molecule has 0 radical (unpaired) electrons. The van der Waals surface area contributed by atoms with Crippen LogP contribution < -0.4 is 4.74 Å². The second-order valence-corrected chi connectivity index (χ2v) is 8.26. The van der Waals surface area contributed by atoms with Crippen molar-refractivity contribution in [1.29, 1.82) is 0 Å². The van der Waals surface area contributed by atoms with Gasteiger partial charge in [0.2, 0.25) is 0 Å². The van der Waals surface area contributed by atoms with Crippen molar-refractivity contribution >= 4 is 5.91 Å². The first-order valence-corrected chi connectivity index (χ1v) is 10.7. The summed E-state index contributed by atoms with van der Waals surface area (Å²) in [6.07, 6.45) is 3.81. The highest BCUT2D eigenvalue weighted by Gasteiger charge is 2.35. The van der Waals surface area contributed by atoms with Gasteiger partial charge in [-0.05, 0) is 49.1 Å². The number of likely N-dealkylation sites (tertiary alicyclic amines) is 1. The number of carbonyl (C=O) groups excluding carboxylic acids is 1. The van der Waals surface area contributed by atoms with Crippen LogP contribution in [0.3, 0.4) is 0 Å². The molecule has 3 aromatic rings. The molecule has 3 heterocycles. The maximum atomic E-state index is 13.4. The van der Waals surface area contributed by atoms with Crippen LogP contribution in [-0.4, -0.2) is 40.0 Å². The fraction of sp³-hybridized carbons (Fsp3) is 0.320. The molecule has 2 aliphatic rings. The van der Waals surface area contributed by atoms with Gasteiger partial charge in [-0.1, -0.05) is 30.3 Å². The van der Waals surface area contributed by atoms with Gasteiger partial charge in [-0.25, -0.2) is 14.4 Å². The lowest BCUT2D eigenvalue weighted by atomic mass is 9.89. The summed E-state index contributed by atoms with van der Waals surface area (Å²) >= 11 is 0. The summed E-state index contributed by atoms with van der Waals surface area (Å²) in [6.45, 7) is 3.19. The first-order chi connectivity index (χ1) is 15.1. The molecule has 31 heavy (non-hydrogen) atoms. The van der Waals surface area contributed by atoms with Gasteiger partial charge in [0.05, 0.1) is 5.69 Å². The van der Waals surface area contributed by atoms with Gasteiger partial charge in [-0.2, -0.15) is 0 Å². The molecule has 0 aliphatic carbocycles. The molecule has 0 bridgehead atoms. The zero-order chi connectivity index (χ0) is 21.4. The zero-order valence-electron chi connectivity index (χ0n) is 17.4. The van der Waals surface area contributed by atoms with Crippen molar-refractivity contribution in [3.05, 3.63) is 77.6 Å². The van der Waals surface area contributed by atoms with Crippen LogP contribution in [0.2, 0.25) is 0 Å². The Balaban J connectivity index is 1.38. The smallest absolute Gasteiger partial charge is 0.264 e. The molecule has 0 saturated carbocycles. The van der Waals surface area contributed by atoms with Crippen molar-refractivity contribution in [1.82, 2.24) is 14.9 Å². The molecule has 0 N–H and O–H groups in total. The topological polar surface area (TPSA) is 55.3 Å². The average Bonchev–Trinajstić information content (AvgIpc) is 3.24. The van der Waals surface area contributed by atoms with Gasteiger partial charge in [0, 0.05) is 37.2 Å². The van der Waals surface area contributed by atoms with E-state index < -0.39 is 6.10 Å². The number of fused-ring (bicyclic) bond motifs is 1. The van der Waals surface area contributed by atoms with E-state index in [1.807, 2.05) is 42.3 Å². The molecule has 2 atom stereocenters. The molecule has 2 aliphatic heterocycles. The molecule has 6 heteroatoms. The second kappa shape index (κ2) is 8.10. The summed E-state index contributed by atoms with van der Waals surface area (Å²) in [4.78, 5) is 24.3. The van der Waals surface area contributed by atoms with Crippen molar-refractivity contribution < 1.29 is 13.9 Å². The normalized spacial score (nSPS) is 20.3. The molecule has 5 nitrogen and oxygen atoms in total. The molecule has 1 amide bonds. The molecule has 5 rings (SSSR count). The van der Waals surface area contributed by atoms with Gasteiger partial charge >= 0.3 is 0 Å². The molecular weight excluding hydrogens is 393 g/mol. The summed E-state index contributed by atoms with van der Waals surface area (Å²) in [6, 6.07) is 14.2. The lowest BCUT2D eigenvalue weighted by Gasteiger charge is -2.34. The number of aryl methyl sites for hydroxylation is 1. The lowest BCUT2D eigenvalue weighted by Crippen LogP contribution is -2.46. The van der Waals surface area contributed by atoms with Gasteiger partial charge < -0.3 is 9.64 Å². The number of benzene rings is 2. The Hall–Kier alpha value is -3.28. The van der Waals surface area contributed by atoms with Gasteiger partial charge in [-0.15, -0.1) is 0 Å². The number of amides is 1. The predicted molar refractivity (Wildman–Crippen MR) is 115 cm³/mol. The van der Waals surface area contributed by atoms with Crippen LogP contribution >= 0.6 is 0 Å². The Bertz CT molecular complexity index is 1090. The fourth-order valence-corrected chi connectivity index (χ4v) is 4.57. The van der Waals surface area contributed by atoms with Crippen molar-refractivity contribution in [2.24, 2.45) is 0 Å². The molecular formula is C25H24FN3O2. The van der Waals surface area contributed by atoms with Crippen molar-refractivity contribution in [3.8, 4) is 16.9 Å². The fourth-order valence-electron chi connectivity index (χ4n) is 4.57. The molecule has 2 unspecified atom stereocenters. The highest BCUT2D eigenvalue weighted by atomic mass is 19.1. The maximum absolute atomic E-state index is 13.4. The summed E-state index contributed by atoms with van der Waals surface area (Å²) in [7, 11) is 0. The number of ether oxygens (including phenoxy) is 1. The van der Waals surface area contributed by atoms with E-state index in [1.165, 1.54) is 12.1 Å². The zero-order valence-corrected chi connectivity index (χ0v) is 17.4. The minimum atomic E-state index is -0.458. The van der Waals surface area contributed by atoms with E-state index in [1.54, 1.807) is 12.1 Å². The van der Waals surface area contributed by atoms with Crippen molar-refractivity contribution in [3.63, 3.8) is 0 Å². The van der Waals surface area contributed by atoms with Crippen LogP contribution in [0.15, 0.2) is 54.7 Å². The number of hydrogen-bond acceptors (Lipinski definition) is 4. The summed E-state index contributed by atoms with van der Waals surface area (Å²) < 4.78 is 19.4. The highest BCUT2D eigenvalue weighted by Crippen LogP contribution is 2.35. The number of carbonyl (C=O) groups is 1. The SMILES string of the molecule is Cc1ncc(-c2ccc(F)cc2)c(C2CCCN(C(=O)C3Cc4ccccc4O3)C2)n1. The van der Waals surface area contributed by atoms with E-state index in [4.69, 9.17) is 9.72 Å². The van der Waals surface area contributed by atoms with Crippen LogP contribution in [0.1, 0.15) is 35.8 Å². The number of hydrogen-bond donors (Lipinski definition) is 0. The summed E-state index contributed by atoms with van der Waals surface area (Å²) in [5.74, 6) is 1.36. The first-order valence-electron chi connectivity index (χ1n) is 10.7. The lowest BCUT2D eigenvalue weighted by molar-refractivity contribution is -0.139. The quantitative estimate of drug-likeness (QED) is 0.638. The van der Waals surface area contributed by atoms with Crippen LogP contribution in [-0.2, 0) is 11.2 Å². The number of nitrogens with zero attached hydrogens (tertiary/aromatic N) is 3. The summed E-state index contributed by atoms with van der Waals surface area (Å²) in [5.41, 5.74) is 3.79. The predicted octanol–water partition coefficient (Wildman–Crippen LogP) is 4.30. The molecule has 2 aromatic carbocycles. The number of piperidine rings is 1. The Kier molecular flexibility index (Phi) is 5.14. The van der Waals surface area contributed by atoms with Gasteiger partial charge in [0.1, 0.15) is 17.4 Å². The van der Waals surface area contributed by atoms with E-state index >= 15 is 0 Å². The Morgan fingerprint density at radius 1 is 1.16 bits per heavy atom. The largest absolute Gasteiger partial charge is 0.480 e. The first kappa shape index (κ1) is 19.7. The van der Waals surface area contributed by atoms with E-state index in [0.29, 0.717) is 18.8 Å². The third-order valence-corrected chi connectivity index (χ3v) is 6.14. The van der Waals surface area contributed by atoms with Crippen LogP contribution in [0.25, 0.3) is 11.1 Å². The average molecular weight is 417 g/mol. The Morgan fingerprint density at radius 2 is 1.97 bits per heavy atom. The van der Waals surface area contributed by atoms with Gasteiger partial charge in [-0.3, -0.25) is 4.79 Å². The number of halogens is 1. The summed E-state index contributed by atoms with van der Waals surface area (Å²) in [5, 5.41) is 0. The highest BCUT2D eigenvalue weighted by molar-refractivity contribution is 5.83. The van der Waals surface area contributed by atoms with Crippen LogP contribution in [0.4, 0.5) is 4.39 Å². The molecule has 1 saturated heterocycles. The van der Waals surface area contributed by atoms with E-state index in [0.717, 1.165) is 47.5 Å². The van der Waals surface area contributed by atoms with Crippen molar-refractivity contribution in [2.45, 2.75) is 38.2 Å². The van der Waals surface area contributed by atoms with E-state index in [2.05, 4.69) is 4.98 Å². The maximum Gasteiger partial charge on any atom is 0.264 e. The van der Waals surface area contributed by atoms with E-state index in [9.17, 15) is 9.18 Å². The number of para-hydroxylation sites is 1. The molecule has 158 valence electrons. The standard InChI is InChI=1S/C25H24FN3O2/c1-16-27-14-21(17-8-10-20(26)11-9-17)24(28-16)19-6-4-12-29(15-19)25(30)23-13-18-5-2-3-7-22(18)31-23/h2-3,5,7-11,14,19,23H,4,6,12-13,15H2,1H3. The molecule has 1 fully saturated rings. The third-order valence-electron chi connectivity index (χ3n) is 6.14. The number of aromatic nitrogens is 2. The minimum Gasteiger partial charge on any atom is -0.480 e. The van der Waals surface area contributed by atoms with Gasteiger partial charge in [0.15, 0.2) is 6.10 Å². The van der Waals surface area contributed by atoms with Crippen LogP contribution in [0, 0.1) is 12.7 Å². The minimum absolute atomic E-state index is 0.0370. The van der Waals surface area contributed by atoms with Crippen LogP contribution in [0.5, 0.6) is 5.75 Å². The Morgan fingerprint density at radius 3 is 2.77 bits per heavy atom. The molecule has 0 spiro atoms. The van der Waals surface area contributed by atoms with E-state index in [-0.39, 0.29) is 17.6 Å². The second-order valence-electron chi connectivity index (χ2n) is 8.26. The van der Waals surface area contributed by atoms with Crippen molar-refractivity contribution in [2.75, 3.05) is 13.1 Å². The van der Waals surface area contributed by atoms with Gasteiger partial charge in [0.25, 0.3) is 5.91 Å². The third kappa shape index (κ3) is 3.90.